The smallest absolute Gasteiger partial charge is 0.275 e. The lowest BCUT2D eigenvalue weighted by Gasteiger charge is -2.11. The summed E-state index contributed by atoms with van der Waals surface area (Å²) in [7, 11) is 0. The van der Waals surface area contributed by atoms with Gasteiger partial charge in [-0.3, -0.25) is 14.9 Å². The van der Waals surface area contributed by atoms with Crippen LogP contribution in [0.15, 0.2) is 103 Å². The fourth-order valence-corrected chi connectivity index (χ4v) is 4.20. The highest BCUT2D eigenvalue weighted by molar-refractivity contribution is 6.09. The number of aromatic nitrogens is 2. The molecule has 8 nitrogen and oxygen atoms in total. The molecule has 38 heavy (non-hydrogen) atoms. The summed E-state index contributed by atoms with van der Waals surface area (Å²) in [5.74, 6) is 0.367. The molecule has 0 spiro atoms. The summed E-state index contributed by atoms with van der Waals surface area (Å²) in [5, 5.41) is 19.3. The number of non-ortho nitro benzene ring substituents is 1. The number of nitrogens with one attached hydrogen (secondary N) is 1. The van der Waals surface area contributed by atoms with Crippen LogP contribution >= 0.6 is 0 Å². The van der Waals surface area contributed by atoms with Crippen molar-refractivity contribution in [2.75, 3.05) is 5.32 Å². The van der Waals surface area contributed by atoms with E-state index < -0.39 is 10.8 Å². The van der Waals surface area contributed by atoms with Gasteiger partial charge in [-0.1, -0.05) is 66.7 Å². The Bertz CT molecular complexity index is 1630. The number of anilines is 1. The summed E-state index contributed by atoms with van der Waals surface area (Å²) >= 11 is 0. The van der Waals surface area contributed by atoms with Gasteiger partial charge in [-0.05, 0) is 37.6 Å². The fourth-order valence-electron chi connectivity index (χ4n) is 4.20. The molecule has 1 heterocycles. The zero-order valence-electron chi connectivity index (χ0n) is 20.8. The van der Waals surface area contributed by atoms with Crippen LogP contribution in [0.1, 0.15) is 21.6 Å². The Morgan fingerprint density at radius 2 is 1.55 bits per heavy atom. The van der Waals surface area contributed by atoms with Gasteiger partial charge in [-0.15, -0.1) is 0 Å². The van der Waals surface area contributed by atoms with Crippen LogP contribution in [0.4, 0.5) is 11.4 Å². The van der Waals surface area contributed by atoms with Crippen LogP contribution in [0.3, 0.4) is 0 Å². The van der Waals surface area contributed by atoms with E-state index in [0.717, 1.165) is 16.8 Å². The highest BCUT2D eigenvalue weighted by Gasteiger charge is 2.24. The summed E-state index contributed by atoms with van der Waals surface area (Å²) < 4.78 is 7.65. The standard InChI is InChI=1S/C30H24N4O4/c1-20-11-9-10-16-27(20)38-26-18-23(17-25(19-26)34(36)37)31-30(35)28-21(2)33(24-14-7-4-8-15-24)32-29(28)22-12-5-3-6-13-22/h3-19H,1-2H3,(H,31,35). The number of nitrogens with zero attached hydrogens (tertiary/aromatic N) is 3. The summed E-state index contributed by atoms with van der Waals surface area (Å²) in [4.78, 5) is 24.8. The van der Waals surface area contributed by atoms with Crippen molar-refractivity contribution in [1.29, 1.82) is 0 Å². The molecule has 0 saturated carbocycles. The molecule has 188 valence electrons. The predicted molar refractivity (Wildman–Crippen MR) is 146 cm³/mol. The Balaban J connectivity index is 1.55. The molecule has 0 aliphatic rings. The number of benzene rings is 4. The molecule has 1 N–H and O–H groups in total. The summed E-state index contributed by atoms with van der Waals surface area (Å²) in [5.41, 5.74) is 4.00. The van der Waals surface area contributed by atoms with Gasteiger partial charge in [0.05, 0.1) is 33.6 Å². The first kappa shape index (κ1) is 24.5. The van der Waals surface area contributed by atoms with Crippen molar-refractivity contribution in [2.45, 2.75) is 13.8 Å². The molecule has 8 heteroatoms. The minimum atomic E-state index is -0.519. The van der Waals surface area contributed by atoms with Crippen molar-refractivity contribution in [3.8, 4) is 28.4 Å². The number of para-hydroxylation sites is 2. The van der Waals surface area contributed by atoms with Crippen molar-refractivity contribution in [3.63, 3.8) is 0 Å². The van der Waals surface area contributed by atoms with E-state index in [-0.39, 0.29) is 17.1 Å². The molecule has 0 bridgehead atoms. The zero-order chi connectivity index (χ0) is 26.6. The first-order chi connectivity index (χ1) is 18.4. The summed E-state index contributed by atoms with van der Waals surface area (Å²) in [6.07, 6.45) is 0. The van der Waals surface area contributed by atoms with Crippen molar-refractivity contribution >= 4 is 17.3 Å². The number of aryl methyl sites for hydroxylation is 1. The molecule has 4 aromatic carbocycles. The van der Waals surface area contributed by atoms with Crippen LogP contribution in [-0.4, -0.2) is 20.6 Å². The highest BCUT2D eigenvalue weighted by Crippen LogP contribution is 2.33. The Labute approximate surface area is 219 Å². The van der Waals surface area contributed by atoms with Crippen molar-refractivity contribution in [1.82, 2.24) is 9.78 Å². The lowest BCUT2D eigenvalue weighted by molar-refractivity contribution is -0.384. The van der Waals surface area contributed by atoms with Gasteiger partial charge in [0, 0.05) is 17.7 Å². The van der Waals surface area contributed by atoms with E-state index >= 15 is 0 Å². The van der Waals surface area contributed by atoms with Gasteiger partial charge in [0.25, 0.3) is 11.6 Å². The summed E-state index contributed by atoms with van der Waals surface area (Å²) in [6.45, 7) is 3.70. The lowest BCUT2D eigenvalue weighted by Crippen LogP contribution is -2.14. The Morgan fingerprint density at radius 3 is 2.24 bits per heavy atom. The number of hydrogen-bond acceptors (Lipinski definition) is 5. The van der Waals surface area contributed by atoms with Crippen LogP contribution in [0, 0.1) is 24.0 Å². The monoisotopic (exact) mass is 504 g/mol. The van der Waals surface area contributed by atoms with Crippen LogP contribution in [0.5, 0.6) is 11.5 Å². The molecule has 0 atom stereocenters. The first-order valence-electron chi connectivity index (χ1n) is 12.0. The number of amides is 1. The second kappa shape index (κ2) is 10.4. The number of nitro groups is 1. The summed E-state index contributed by atoms with van der Waals surface area (Å²) in [6, 6.07) is 30.5. The van der Waals surface area contributed by atoms with Gasteiger partial charge in [-0.2, -0.15) is 5.10 Å². The van der Waals surface area contributed by atoms with Crippen LogP contribution in [-0.2, 0) is 0 Å². The maximum Gasteiger partial charge on any atom is 0.275 e. The van der Waals surface area contributed by atoms with Crippen molar-refractivity contribution in [3.05, 3.63) is 130 Å². The molecule has 0 fully saturated rings. The molecule has 1 aromatic heterocycles. The van der Waals surface area contributed by atoms with Gasteiger partial charge in [0.1, 0.15) is 17.2 Å². The average molecular weight is 505 g/mol. The van der Waals surface area contributed by atoms with E-state index in [9.17, 15) is 14.9 Å². The highest BCUT2D eigenvalue weighted by atomic mass is 16.6. The van der Waals surface area contributed by atoms with Gasteiger partial charge < -0.3 is 10.1 Å². The average Bonchev–Trinajstić information content (AvgIpc) is 3.28. The minimum absolute atomic E-state index is 0.202. The molecule has 1 amide bonds. The number of rotatable bonds is 7. The molecule has 0 aliphatic carbocycles. The van der Waals surface area contributed by atoms with Crippen molar-refractivity contribution in [2.24, 2.45) is 0 Å². The number of ether oxygens (including phenoxy) is 1. The molecule has 0 aliphatic heterocycles. The number of hydrogen-bond donors (Lipinski definition) is 1. The Morgan fingerprint density at radius 1 is 0.895 bits per heavy atom. The second-order valence-corrected chi connectivity index (χ2v) is 8.72. The third kappa shape index (κ3) is 5.01. The normalized spacial score (nSPS) is 10.7. The van der Waals surface area contributed by atoms with E-state index in [2.05, 4.69) is 5.32 Å². The minimum Gasteiger partial charge on any atom is -0.457 e. The number of carbonyl (C=O) groups excluding carboxylic acids is 1. The van der Waals surface area contributed by atoms with Gasteiger partial charge in [0.15, 0.2) is 0 Å². The van der Waals surface area contributed by atoms with Crippen LogP contribution in [0.25, 0.3) is 16.9 Å². The Kier molecular flexibility index (Phi) is 6.69. The molecule has 0 radical (unpaired) electrons. The zero-order valence-corrected chi connectivity index (χ0v) is 20.8. The van der Waals surface area contributed by atoms with Crippen LogP contribution in [0.2, 0.25) is 0 Å². The second-order valence-electron chi connectivity index (χ2n) is 8.72. The Hall–Kier alpha value is -5.24. The maximum absolute atomic E-state index is 13.7. The molecular weight excluding hydrogens is 480 g/mol. The molecule has 5 rings (SSSR count). The van der Waals surface area contributed by atoms with Gasteiger partial charge >= 0.3 is 0 Å². The van der Waals surface area contributed by atoms with E-state index in [0.29, 0.717) is 22.7 Å². The van der Waals surface area contributed by atoms with E-state index in [1.165, 1.54) is 12.1 Å². The van der Waals surface area contributed by atoms with E-state index in [4.69, 9.17) is 9.84 Å². The topological polar surface area (TPSA) is 99.3 Å². The quantitative estimate of drug-likeness (QED) is 0.188. The SMILES string of the molecule is Cc1ccccc1Oc1cc(NC(=O)c2c(-c3ccccc3)nn(-c3ccccc3)c2C)cc([N+](=O)[O-])c1. The fraction of sp³-hybridized carbons (Fsp3) is 0.0667. The van der Waals surface area contributed by atoms with Crippen molar-refractivity contribution < 1.29 is 14.5 Å². The molecule has 5 aromatic rings. The maximum atomic E-state index is 13.7. The van der Waals surface area contributed by atoms with E-state index in [1.54, 1.807) is 16.8 Å². The third-order valence-corrected chi connectivity index (χ3v) is 6.07. The molecule has 0 unspecified atom stereocenters. The lowest BCUT2D eigenvalue weighted by atomic mass is 10.1. The van der Waals surface area contributed by atoms with Gasteiger partial charge in [0.2, 0.25) is 0 Å². The largest absolute Gasteiger partial charge is 0.457 e. The number of nitro benzene ring substituents is 1. The third-order valence-electron chi connectivity index (χ3n) is 6.07. The molecular formula is C30H24N4O4. The first-order valence-corrected chi connectivity index (χ1v) is 12.0. The van der Waals surface area contributed by atoms with E-state index in [1.807, 2.05) is 92.7 Å². The van der Waals surface area contributed by atoms with Gasteiger partial charge in [-0.25, -0.2) is 4.68 Å². The number of carbonyl (C=O) groups is 1. The predicted octanol–water partition coefficient (Wildman–Crippen LogP) is 7.11. The van der Waals surface area contributed by atoms with Crippen LogP contribution < -0.4 is 10.1 Å². The molecule has 0 saturated heterocycles.